The number of aromatic nitrogens is 2. The van der Waals surface area contributed by atoms with E-state index in [4.69, 9.17) is 16.6 Å². The van der Waals surface area contributed by atoms with Crippen molar-refractivity contribution in [2.24, 2.45) is 0 Å². The summed E-state index contributed by atoms with van der Waals surface area (Å²) in [6.07, 6.45) is 2.78. The Morgan fingerprint density at radius 2 is 1.83 bits per heavy atom. The fourth-order valence-corrected chi connectivity index (χ4v) is 6.22. The maximum atomic E-state index is 12.3. The molecule has 0 N–H and O–H groups in total. The third-order valence-electron chi connectivity index (χ3n) is 5.22. The molecule has 3 aromatic rings. The van der Waals surface area contributed by atoms with Crippen LogP contribution in [0.5, 0.6) is 0 Å². The Bertz CT molecular complexity index is 1100. The molecule has 0 bridgehead atoms. The molecule has 9 heteroatoms. The second-order valence-corrected chi connectivity index (χ2v) is 11.1. The van der Waals surface area contributed by atoms with Crippen LogP contribution in [0.1, 0.15) is 23.9 Å². The van der Waals surface area contributed by atoms with Crippen molar-refractivity contribution < 1.29 is 8.42 Å². The van der Waals surface area contributed by atoms with E-state index < -0.39 is 10.0 Å². The summed E-state index contributed by atoms with van der Waals surface area (Å²) in [7, 11) is -3.13. The van der Waals surface area contributed by atoms with Crippen LogP contribution in [0.15, 0.2) is 30.5 Å². The van der Waals surface area contributed by atoms with E-state index in [2.05, 4.69) is 22.4 Å². The highest BCUT2D eigenvalue weighted by atomic mass is 35.5. The van der Waals surface area contributed by atoms with Gasteiger partial charge < -0.3 is 0 Å². The van der Waals surface area contributed by atoms with Gasteiger partial charge in [0.1, 0.15) is 0 Å². The summed E-state index contributed by atoms with van der Waals surface area (Å²) in [5.74, 6) is 0.227. The molecule has 1 aliphatic heterocycles. The third kappa shape index (κ3) is 4.36. The van der Waals surface area contributed by atoms with Crippen LogP contribution in [-0.2, 0) is 16.6 Å². The zero-order valence-corrected chi connectivity index (χ0v) is 19.0. The number of hydrogen-bond acceptors (Lipinski definition) is 5. The molecule has 1 aromatic carbocycles. The highest BCUT2D eigenvalue weighted by Crippen LogP contribution is 2.30. The predicted molar refractivity (Wildman–Crippen MR) is 119 cm³/mol. The highest BCUT2D eigenvalue weighted by Gasteiger charge is 2.27. The number of hydrogen-bond donors (Lipinski definition) is 0. The lowest BCUT2D eigenvalue weighted by Gasteiger charge is -2.33. The van der Waals surface area contributed by atoms with E-state index >= 15 is 0 Å². The van der Waals surface area contributed by atoms with Gasteiger partial charge in [0.25, 0.3) is 0 Å². The minimum atomic E-state index is -3.13. The van der Waals surface area contributed by atoms with Crippen molar-refractivity contribution in [3.05, 3.63) is 46.1 Å². The van der Waals surface area contributed by atoms with Crippen LogP contribution in [-0.4, -0.2) is 58.9 Å². The summed E-state index contributed by atoms with van der Waals surface area (Å²) in [6, 6.07) is 7.77. The molecule has 1 aliphatic rings. The van der Waals surface area contributed by atoms with Crippen LogP contribution in [0.25, 0.3) is 16.2 Å². The van der Waals surface area contributed by atoms with E-state index in [1.807, 2.05) is 31.2 Å². The quantitative estimate of drug-likeness (QED) is 0.569. The normalized spacial score (nSPS) is 16.7. The molecule has 6 nitrogen and oxygen atoms in total. The summed E-state index contributed by atoms with van der Waals surface area (Å²) in [5, 5.41) is 0.705. The van der Waals surface area contributed by atoms with Crippen molar-refractivity contribution in [2.45, 2.75) is 26.8 Å². The first-order valence-electron chi connectivity index (χ1n) is 9.81. The predicted octanol–water partition coefficient (Wildman–Crippen LogP) is 3.88. The van der Waals surface area contributed by atoms with E-state index in [1.54, 1.807) is 15.6 Å². The lowest BCUT2D eigenvalue weighted by Crippen LogP contribution is -2.48. The van der Waals surface area contributed by atoms with Crippen molar-refractivity contribution >= 4 is 37.9 Å². The number of piperazine rings is 1. The summed E-state index contributed by atoms with van der Waals surface area (Å²) in [6.45, 7) is 7.25. The van der Waals surface area contributed by atoms with Gasteiger partial charge in [-0.1, -0.05) is 30.7 Å². The van der Waals surface area contributed by atoms with Crippen LogP contribution in [0.2, 0.25) is 5.02 Å². The van der Waals surface area contributed by atoms with E-state index in [0.717, 1.165) is 41.5 Å². The number of benzene rings is 1. The Kier molecular flexibility index (Phi) is 5.99. The molecule has 0 amide bonds. The van der Waals surface area contributed by atoms with Crippen molar-refractivity contribution in [1.82, 2.24) is 18.6 Å². The first-order chi connectivity index (χ1) is 13.9. The molecular formula is C20H25ClN4O2S2. The van der Waals surface area contributed by atoms with Gasteiger partial charge in [-0.25, -0.2) is 13.4 Å². The zero-order chi connectivity index (χ0) is 20.6. The summed E-state index contributed by atoms with van der Waals surface area (Å²) < 4.78 is 28.5. The van der Waals surface area contributed by atoms with E-state index in [0.29, 0.717) is 24.5 Å². The average molecular weight is 453 g/mol. The standard InChI is InChI=1S/C20H25ClN4O2S2/c1-3-12-29(26,27)24-10-8-23(9-11-24)14-18-19(16-4-6-17(21)7-5-16)22-20-25(18)13-15(2)28-20/h4-7,13H,3,8-12,14H2,1-2H3. The monoisotopic (exact) mass is 452 g/mol. The molecule has 0 atom stereocenters. The van der Waals surface area contributed by atoms with Crippen molar-refractivity contribution in [3.8, 4) is 11.3 Å². The van der Waals surface area contributed by atoms with Gasteiger partial charge in [0.15, 0.2) is 4.96 Å². The van der Waals surface area contributed by atoms with Crippen LogP contribution < -0.4 is 0 Å². The first kappa shape index (κ1) is 20.8. The molecule has 2 aromatic heterocycles. The Morgan fingerprint density at radius 1 is 1.14 bits per heavy atom. The minimum Gasteiger partial charge on any atom is -0.295 e. The lowest BCUT2D eigenvalue weighted by atomic mass is 10.1. The second-order valence-electron chi connectivity index (χ2n) is 7.40. The van der Waals surface area contributed by atoms with Crippen LogP contribution in [0.4, 0.5) is 0 Å². The Morgan fingerprint density at radius 3 is 2.48 bits per heavy atom. The van der Waals surface area contributed by atoms with Gasteiger partial charge in [-0.2, -0.15) is 4.31 Å². The SMILES string of the molecule is CCCS(=O)(=O)N1CCN(Cc2c(-c3ccc(Cl)cc3)nc3sc(C)cn23)CC1. The van der Waals surface area contributed by atoms with Gasteiger partial charge >= 0.3 is 0 Å². The molecule has 0 unspecified atom stereocenters. The lowest BCUT2D eigenvalue weighted by molar-refractivity contribution is 0.180. The maximum Gasteiger partial charge on any atom is 0.214 e. The Balaban J connectivity index is 1.58. The second kappa shape index (κ2) is 8.35. The number of halogens is 1. The topological polar surface area (TPSA) is 57.9 Å². The summed E-state index contributed by atoms with van der Waals surface area (Å²) >= 11 is 7.74. The largest absolute Gasteiger partial charge is 0.295 e. The molecule has 0 radical (unpaired) electrons. The fourth-order valence-electron chi connectivity index (χ4n) is 3.76. The Hall–Kier alpha value is -1.45. The average Bonchev–Trinajstić information content (AvgIpc) is 3.20. The molecule has 3 heterocycles. The van der Waals surface area contributed by atoms with Crippen LogP contribution in [0.3, 0.4) is 0 Å². The molecule has 0 saturated carbocycles. The van der Waals surface area contributed by atoms with Crippen molar-refractivity contribution in [2.75, 3.05) is 31.9 Å². The van der Waals surface area contributed by atoms with Crippen LogP contribution >= 0.6 is 22.9 Å². The number of thiazole rings is 1. The molecule has 1 saturated heterocycles. The minimum absolute atomic E-state index is 0.227. The molecular weight excluding hydrogens is 428 g/mol. The van der Waals surface area contributed by atoms with Gasteiger partial charge in [-0.15, -0.1) is 11.3 Å². The van der Waals surface area contributed by atoms with Gasteiger partial charge in [0.05, 0.1) is 17.1 Å². The first-order valence-corrected chi connectivity index (χ1v) is 12.6. The number of aryl methyl sites for hydroxylation is 1. The number of fused-ring (bicyclic) bond motifs is 1. The van der Waals surface area contributed by atoms with Gasteiger partial charge in [0.2, 0.25) is 10.0 Å². The maximum absolute atomic E-state index is 12.3. The zero-order valence-electron chi connectivity index (χ0n) is 16.6. The number of rotatable bonds is 6. The van der Waals surface area contributed by atoms with Crippen LogP contribution in [0, 0.1) is 6.92 Å². The molecule has 29 heavy (non-hydrogen) atoms. The van der Waals surface area contributed by atoms with Gasteiger partial charge in [-0.05, 0) is 25.5 Å². The van der Waals surface area contributed by atoms with E-state index in [9.17, 15) is 8.42 Å². The van der Waals surface area contributed by atoms with Crippen molar-refractivity contribution in [1.29, 1.82) is 0 Å². The molecule has 0 spiro atoms. The number of imidazole rings is 1. The van der Waals surface area contributed by atoms with Gasteiger partial charge in [0, 0.05) is 54.4 Å². The van der Waals surface area contributed by atoms with E-state index in [1.165, 1.54) is 4.88 Å². The third-order valence-corrected chi connectivity index (χ3v) is 8.44. The van der Waals surface area contributed by atoms with E-state index in [-0.39, 0.29) is 5.75 Å². The van der Waals surface area contributed by atoms with Crippen molar-refractivity contribution in [3.63, 3.8) is 0 Å². The van der Waals surface area contributed by atoms with Gasteiger partial charge in [-0.3, -0.25) is 9.30 Å². The highest BCUT2D eigenvalue weighted by molar-refractivity contribution is 7.89. The number of nitrogens with zero attached hydrogens (tertiary/aromatic N) is 4. The molecule has 156 valence electrons. The molecule has 0 aliphatic carbocycles. The number of sulfonamides is 1. The smallest absolute Gasteiger partial charge is 0.214 e. The molecule has 4 rings (SSSR count). The Labute approximate surface area is 180 Å². The molecule has 1 fully saturated rings. The summed E-state index contributed by atoms with van der Waals surface area (Å²) in [5.41, 5.74) is 3.15. The summed E-state index contributed by atoms with van der Waals surface area (Å²) in [4.78, 5) is 9.39. The fraction of sp³-hybridized carbons (Fsp3) is 0.450.